The van der Waals surface area contributed by atoms with Gasteiger partial charge in [-0.15, -0.1) is 5.10 Å². The fraction of sp³-hybridized carbons (Fsp3) is 0.520. The van der Waals surface area contributed by atoms with E-state index in [0.29, 0.717) is 46.6 Å². The summed E-state index contributed by atoms with van der Waals surface area (Å²) in [7, 11) is 0. The van der Waals surface area contributed by atoms with Crippen molar-refractivity contribution in [2.24, 2.45) is 0 Å². The van der Waals surface area contributed by atoms with E-state index in [1.807, 2.05) is 20.8 Å². The molecule has 1 fully saturated rings. The highest BCUT2D eigenvalue weighted by atomic mass is 79.9. The maximum absolute atomic E-state index is 13.1. The molecule has 2 aliphatic heterocycles. The summed E-state index contributed by atoms with van der Waals surface area (Å²) in [6.45, 7) is 6.95. The van der Waals surface area contributed by atoms with Crippen LogP contribution in [0.4, 0.5) is 4.79 Å². The first-order chi connectivity index (χ1) is 18.0. The lowest BCUT2D eigenvalue weighted by atomic mass is 10.0. The number of piperidine rings is 1. The van der Waals surface area contributed by atoms with Crippen LogP contribution in [0.15, 0.2) is 22.8 Å². The number of rotatable bonds is 9. The number of aryl methyl sites for hydroxylation is 1. The summed E-state index contributed by atoms with van der Waals surface area (Å²) in [5.74, 6) is -0.540. The van der Waals surface area contributed by atoms with Crippen LogP contribution in [0.2, 0.25) is 0 Å². The highest BCUT2D eigenvalue weighted by molar-refractivity contribution is 9.10. The lowest BCUT2D eigenvalue weighted by Crippen LogP contribution is -2.52. The van der Waals surface area contributed by atoms with E-state index in [0.717, 1.165) is 12.8 Å². The molecule has 0 spiro atoms. The van der Waals surface area contributed by atoms with Crippen LogP contribution in [0.1, 0.15) is 68.1 Å². The zero-order chi connectivity index (χ0) is 27.4. The molecule has 1 atom stereocenters. The van der Waals surface area contributed by atoms with Crippen LogP contribution in [-0.2, 0) is 34.0 Å². The standard InChI is InChI=1S/C25H31BrN6O6/c1-25(2,3)38-24(36)27-8-4-5-9-31-12-16(29-30-31)14-37-20-11-15(26)10-17-18(20)13-32(23(17)35)19-6-7-21(33)28-22(19)34/h10-12,19H,4-9,13-14H2,1-3H3,(H,27,36)(H,28,33,34). The molecule has 1 unspecified atom stereocenters. The fourth-order valence-electron chi connectivity index (χ4n) is 4.29. The number of fused-ring (bicyclic) bond motifs is 1. The highest BCUT2D eigenvalue weighted by Gasteiger charge is 2.40. The number of nitrogens with zero attached hydrogens (tertiary/aromatic N) is 4. The molecule has 13 heteroatoms. The van der Waals surface area contributed by atoms with Crippen LogP contribution in [0, 0.1) is 0 Å². The average molecular weight is 591 g/mol. The summed E-state index contributed by atoms with van der Waals surface area (Å²) in [6, 6.07) is 2.80. The number of alkyl carbamates (subject to hydrolysis) is 1. The third-order valence-corrected chi connectivity index (χ3v) is 6.48. The SMILES string of the molecule is CC(C)(C)OC(=O)NCCCCn1cc(COc2cc(Br)cc3c2CN(C2CCC(=O)NC2=O)C3=O)nn1. The molecule has 12 nitrogen and oxygen atoms in total. The van der Waals surface area contributed by atoms with E-state index in [4.69, 9.17) is 9.47 Å². The molecule has 2 aromatic rings. The molecule has 2 N–H and O–H groups in total. The zero-order valence-corrected chi connectivity index (χ0v) is 23.2. The largest absolute Gasteiger partial charge is 0.487 e. The monoisotopic (exact) mass is 590 g/mol. The normalized spacial score (nSPS) is 17.3. The van der Waals surface area contributed by atoms with Gasteiger partial charge in [0.1, 0.15) is 29.7 Å². The van der Waals surface area contributed by atoms with Gasteiger partial charge < -0.3 is 19.7 Å². The van der Waals surface area contributed by atoms with E-state index in [1.165, 1.54) is 4.90 Å². The lowest BCUT2D eigenvalue weighted by Gasteiger charge is -2.29. The van der Waals surface area contributed by atoms with Crippen LogP contribution >= 0.6 is 15.9 Å². The molecule has 204 valence electrons. The molecule has 4 amide bonds. The van der Waals surface area contributed by atoms with E-state index >= 15 is 0 Å². The summed E-state index contributed by atoms with van der Waals surface area (Å²) in [5.41, 5.74) is 1.24. The van der Waals surface area contributed by atoms with Gasteiger partial charge in [0.15, 0.2) is 0 Å². The molecule has 0 radical (unpaired) electrons. The molecule has 1 saturated heterocycles. The topological polar surface area (TPSA) is 145 Å². The number of carbonyl (C=O) groups is 4. The number of hydrogen-bond donors (Lipinski definition) is 2. The number of imide groups is 1. The van der Waals surface area contributed by atoms with Gasteiger partial charge in [0, 0.05) is 35.1 Å². The second-order valence-corrected chi connectivity index (χ2v) is 11.1. The number of aromatic nitrogens is 3. The molecular formula is C25H31BrN6O6. The van der Waals surface area contributed by atoms with Crippen LogP contribution < -0.4 is 15.4 Å². The second-order valence-electron chi connectivity index (χ2n) is 10.2. The quantitative estimate of drug-likeness (QED) is 0.335. The third kappa shape index (κ3) is 6.88. The van der Waals surface area contributed by atoms with Gasteiger partial charge in [-0.05, 0) is 52.2 Å². The number of ether oxygens (including phenoxy) is 2. The van der Waals surface area contributed by atoms with E-state index in [2.05, 4.69) is 36.9 Å². The Kier molecular flexibility index (Phi) is 8.34. The highest BCUT2D eigenvalue weighted by Crippen LogP contribution is 2.36. The van der Waals surface area contributed by atoms with Crippen LogP contribution in [0.3, 0.4) is 0 Å². The molecular weight excluding hydrogens is 560 g/mol. The minimum Gasteiger partial charge on any atom is -0.487 e. The first-order valence-corrected chi connectivity index (χ1v) is 13.3. The number of hydrogen-bond acceptors (Lipinski definition) is 8. The minimum absolute atomic E-state index is 0.149. The molecule has 3 heterocycles. The van der Waals surface area contributed by atoms with Gasteiger partial charge in [-0.1, -0.05) is 21.1 Å². The van der Waals surface area contributed by atoms with Gasteiger partial charge in [0.2, 0.25) is 11.8 Å². The van der Waals surface area contributed by atoms with Gasteiger partial charge in [-0.2, -0.15) is 0 Å². The van der Waals surface area contributed by atoms with Gasteiger partial charge in [-0.25, -0.2) is 4.79 Å². The molecule has 38 heavy (non-hydrogen) atoms. The van der Waals surface area contributed by atoms with Crippen molar-refractivity contribution in [3.8, 4) is 5.75 Å². The van der Waals surface area contributed by atoms with Crippen LogP contribution in [0.5, 0.6) is 5.75 Å². The number of unbranched alkanes of at least 4 members (excludes halogenated alkanes) is 1. The Balaban J connectivity index is 1.29. The number of nitrogens with one attached hydrogen (secondary N) is 2. The van der Waals surface area contributed by atoms with E-state index in [9.17, 15) is 19.2 Å². The summed E-state index contributed by atoms with van der Waals surface area (Å²) >= 11 is 3.43. The summed E-state index contributed by atoms with van der Waals surface area (Å²) in [6.07, 6.45) is 3.39. The predicted octanol–water partition coefficient (Wildman–Crippen LogP) is 2.69. The van der Waals surface area contributed by atoms with Gasteiger partial charge in [0.25, 0.3) is 5.91 Å². The third-order valence-electron chi connectivity index (χ3n) is 6.02. The predicted molar refractivity (Wildman–Crippen MR) is 138 cm³/mol. The van der Waals surface area contributed by atoms with Gasteiger partial charge in [-0.3, -0.25) is 24.4 Å². The maximum atomic E-state index is 13.1. The molecule has 4 rings (SSSR count). The smallest absolute Gasteiger partial charge is 0.407 e. The molecule has 2 aliphatic rings. The maximum Gasteiger partial charge on any atom is 0.407 e. The van der Waals surface area contributed by atoms with Crippen molar-refractivity contribution in [1.82, 2.24) is 30.5 Å². The van der Waals surface area contributed by atoms with Crippen molar-refractivity contribution in [1.29, 1.82) is 0 Å². The van der Waals surface area contributed by atoms with E-state index in [-0.39, 0.29) is 31.4 Å². The second kappa shape index (κ2) is 11.5. The first-order valence-electron chi connectivity index (χ1n) is 12.5. The van der Waals surface area contributed by atoms with E-state index in [1.54, 1.807) is 23.0 Å². The molecule has 0 saturated carbocycles. The zero-order valence-electron chi connectivity index (χ0n) is 21.6. The first kappa shape index (κ1) is 27.6. The fourth-order valence-corrected chi connectivity index (χ4v) is 4.73. The number of carbonyl (C=O) groups excluding carboxylic acids is 4. The van der Waals surface area contributed by atoms with Crippen molar-refractivity contribution >= 4 is 39.7 Å². The Morgan fingerprint density at radius 2 is 2.03 bits per heavy atom. The van der Waals surface area contributed by atoms with Gasteiger partial charge in [0.05, 0.1) is 12.7 Å². The minimum atomic E-state index is -0.696. The number of benzene rings is 1. The average Bonchev–Trinajstić information content (AvgIpc) is 3.41. The molecule has 1 aromatic heterocycles. The van der Waals surface area contributed by atoms with Crippen LogP contribution in [0.25, 0.3) is 0 Å². The number of amides is 4. The molecule has 0 bridgehead atoms. The number of halogens is 1. The Labute approximate surface area is 228 Å². The van der Waals surface area contributed by atoms with Gasteiger partial charge >= 0.3 is 6.09 Å². The summed E-state index contributed by atoms with van der Waals surface area (Å²) in [4.78, 5) is 50.1. The summed E-state index contributed by atoms with van der Waals surface area (Å²) in [5, 5.41) is 13.3. The Morgan fingerprint density at radius 3 is 2.76 bits per heavy atom. The Morgan fingerprint density at radius 1 is 1.24 bits per heavy atom. The molecule has 0 aliphatic carbocycles. The van der Waals surface area contributed by atoms with Crippen molar-refractivity contribution in [2.45, 2.75) is 77.8 Å². The Hall–Kier alpha value is -3.48. The van der Waals surface area contributed by atoms with Crippen molar-refractivity contribution in [2.75, 3.05) is 6.54 Å². The van der Waals surface area contributed by atoms with Crippen molar-refractivity contribution < 1.29 is 28.7 Å². The van der Waals surface area contributed by atoms with Crippen molar-refractivity contribution in [3.05, 3.63) is 39.6 Å². The Bertz CT molecular complexity index is 1240. The van der Waals surface area contributed by atoms with Crippen molar-refractivity contribution in [3.63, 3.8) is 0 Å². The summed E-state index contributed by atoms with van der Waals surface area (Å²) < 4.78 is 13.6. The molecule has 1 aromatic carbocycles. The van der Waals surface area contributed by atoms with E-state index < -0.39 is 23.6 Å². The van der Waals surface area contributed by atoms with Crippen LogP contribution in [-0.4, -0.2) is 61.9 Å². The lowest BCUT2D eigenvalue weighted by molar-refractivity contribution is -0.136.